The van der Waals surface area contributed by atoms with Gasteiger partial charge in [0.15, 0.2) is 11.6 Å². The number of carboxylic acid groups (broad SMARTS) is 2. The summed E-state index contributed by atoms with van der Waals surface area (Å²) in [6.45, 7) is 1.36. The van der Waals surface area contributed by atoms with Crippen LogP contribution in [0.2, 0.25) is 0 Å². The molecule has 2 aliphatic heterocycles. The maximum Gasteiger partial charge on any atom is 1.00 e. The van der Waals surface area contributed by atoms with Gasteiger partial charge in [-0.25, -0.2) is 18.1 Å². The number of anilines is 1. The molecule has 306 valence electrons. The third-order valence-corrected chi connectivity index (χ3v) is 12.5. The molecule has 1 fully saturated rings. The Hall–Kier alpha value is -4.92. The number of carboxylic acids is 2. The van der Waals surface area contributed by atoms with Crippen LogP contribution in [0.25, 0.3) is 11.3 Å². The fourth-order valence-electron chi connectivity index (χ4n) is 5.93. The van der Waals surface area contributed by atoms with Crippen LogP contribution in [0, 0.1) is 23.0 Å². The molecule has 59 heavy (non-hydrogen) atoms. The summed E-state index contributed by atoms with van der Waals surface area (Å²) in [6, 6.07) is 11.6. The van der Waals surface area contributed by atoms with Crippen LogP contribution in [0.5, 0.6) is 5.75 Å². The fourth-order valence-corrected chi connectivity index (χ4v) is 9.50. The normalized spacial score (nSPS) is 16.8. The van der Waals surface area contributed by atoms with Gasteiger partial charge in [0.1, 0.15) is 31.5 Å². The Morgan fingerprint density at radius 2 is 1.49 bits per heavy atom. The number of amides is 2. The van der Waals surface area contributed by atoms with Crippen LogP contribution in [-0.4, -0.2) is 93.0 Å². The molecule has 3 N–H and O–H groups in total. The number of aromatic nitrogens is 2. The van der Waals surface area contributed by atoms with Gasteiger partial charge in [-0.15, -0.1) is 22.7 Å². The van der Waals surface area contributed by atoms with Crippen LogP contribution in [0.4, 0.5) is 10.5 Å². The average molecular weight is 901 g/mol. The summed E-state index contributed by atoms with van der Waals surface area (Å²) in [6.07, 6.45) is -0.154. The molecule has 4 heterocycles. The third-order valence-electron chi connectivity index (χ3n) is 8.60. The van der Waals surface area contributed by atoms with E-state index in [9.17, 15) is 59.8 Å². The van der Waals surface area contributed by atoms with Gasteiger partial charge in [-0.3, -0.25) is 37.7 Å². The van der Waals surface area contributed by atoms with Gasteiger partial charge in [0.05, 0.1) is 15.8 Å². The Bertz CT molecular complexity index is 3040. The Morgan fingerprint density at radius 1 is 0.847 bits per heavy atom. The van der Waals surface area contributed by atoms with Gasteiger partial charge in [0, 0.05) is 23.9 Å². The molecule has 0 atom stereocenters. The predicted octanol–water partition coefficient (Wildman–Crippen LogP) is -2.98. The number of hydrogen-bond donors (Lipinski definition) is 3. The van der Waals surface area contributed by atoms with E-state index in [1.54, 1.807) is 47.4 Å². The van der Waals surface area contributed by atoms with E-state index in [1.807, 2.05) is 13.8 Å². The first-order chi connectivity index (χ1) is 27.1. The summed E-state index contributed by atoms with van der Waals surface area (Å²) >= 11 is 0.877. The monoisotopic (exact) mass is 900 g/mol. The van der Waals surface area contributed by atoms with Gasteiger partial charge in [0.25, 0.3) is 21.2 Å². The number of rotatable bonds is 12. The van der Waals surface area contributed by atoms with Gasteiger partial charge in [-0.2, -0.15) is 8.42 Å². The fraction of sp³-hybridized carbons (Fsp3) is 0.235. The summed E-state index contributed by atoms with van der Waals surface area (Å²) in [4.78, 5) is 78.9. The van der Waals surface area contributed by atoms with E-state index in [4.69, 9.17) is 14.6 Å². The van der Waals surface area contributed by atoms with Crippen LogP contribution in [0.3, 0.4) is 0 Å². The minimum Gasteiger partial charge on any atom is -0.748 e. The molecule has 6 rings (SSSR count). The number of carbonyl (C=O) groups excluding carboxylic acids is 2. The minimum atomic E-state index is -5.04. The molecular weight excluding hydrogens is 872 g/mol. The third kappa shape index (κ3) is 9.77. The molecule has 0 spiro atoms. The topological polar surface area (TPSA) is 289 Å². The molecule has 0 saturated carbocycles. The number of ether oxygens (including phenoxy) is 2. The second-order valence-electron chi connectivity index (χ2n) is 12.7. The van der Waals surface area contributed by atoms with Gasteiger partial charge in [-0.05, 0) is 49.1 Å². The first kappa shape index (κ1) is 45.2. The molecule has 0 aliphatic carbocycles. The van der Waals surface area contributed by atoms with E-state index < -0.39 is 99.6 Å². The van der Waals surface area contributed by atoms with Crippen molar-refractivity contribution in [3.05, 3.63) is 110 Å². The molecule has 0 unspecified atom stereocenters. The molecule has 1 saturated heterocycles. The van der Waals surface area contributed by atoms with Crippen molar-refractivity contribution in [2.45, 2.75) is 32.7 Å². The summed E-state index contributed by atoms with van der Waals surface area (Å²) in [7, 11) is -9.64. The molecule has 4 aromatic rings. The van der Waals surface area contributed by atoms with Crippen molar-refractivity contribution >= 4 is 83.9 Å². The number of allylic oxidation sites excluding steroid dienone is 1. The zero-order chi connectivity index (χ0) is 42.4. The second kappa shape index (κ2) is 17.4. The summed E-state index contributed by atoms with van der Waals surface area (Å²) in [5, 5.41) is 18.8. The first-order valence-corrected chi connectivity index (χ1v) is 21.4. The number of cyclic esters (lactones) is 1. The van der Waals surface area contributed by atoms with Gasteiger partial charge in [0.2, 0.25) is 11.6 Å². The summed E-state index contributed by atoms with van der Waals surface area (Å²) < 4.78 is 79.5. The quantitative estimate of drug-likeness (QED) is 0.0944. The van der Waals surface area contributed by atoms with Gasteiger partial charge in [-0.1, -0.05) is 30.3 Å². The Labute approximate surface area is 362 Å². The van der Waals surface area contributed by atoms with Gasteiger partial charge >= 0.3 is 53.5 Å². The molecule has 25 heteroatoms. The van der Waals surface area contributed by atoms with E-state index in [0.717, 1.165) is 11.1 Å². The number of hydrogen-bond acceptors (Lipinski definition) is 16. The second-order valence-corrected chi connectivity index (χ2v) is 17.7. The zero-order valence-electron chi connectivity index (χ0n) is 30.9. The minimum absolute atomic E-state index is 0. The van der Waals surface area contributed by atoms with Crippen LogP contribution in [0.1, 0.15) is 23.1 Å². The number of fused-ring (bicyclic) bond motifs is 1. The Kier molecular flexibility index (Phi) is 13.3. The molecule has 20 nitrogen and oxygen atoms in total. The summed E-state index contributed by atoms with van der Waals surface area (Å²) in [5.41, 5.74) is 0.363. The SMILES string of the molecule is Cc1cc2c(cc1C)N(CCCS(=O)(=O)[O-])/C(=C/C(c1ccccc1)=c1/s/c(=c3/s/c(=C4/OC(=O)N(CC(=O)O)C4=O)n(CC(=O)O)c3=O)n(CS(=O)(=O)O)c1=O)O2.[Na+]. The number of carbonyl (C=O) groups is 4. The number of imide groups is 1. The van der Waals surface area contributed by atoms with E-state index >= 15 is 0 Å². The molecular formula is C34H29N4NaO16S4. The van der Waals surface area contributed by atoms with Crippen molar-refractivity contribution in [2.75, 3.05) is 23.7 Å². The van der Waals surface area contributed by atoms with Crippen LogP contribution >= 0.6 is 22.7 Å². The van der Waals surface area contributed by atoms with Crippen molar-refractivity contribution in [1.29, 1.82) is 0 Å². The van der Waals surface area contributed by atoms with Crippen LogP contribution in [0.15, 0.2) is 64.0 Å². The van der Waals surface area contributed by atoms with Gasteiger partial charge < -0.3 is 29.1 Å². The van der Waals surface area contributed by atoms with Crippen molar-refractivity contribution < 1.29 is 94.4 Å². The molecule has 2 aromatic carbocycles. The molecule has 2 amide bonds. The number of aryl methyl sites for hydroxylation is 2. The smallest absolute Gasteiger partial charge is 0.748 e. The standard InChI is InChI=1S/C34H30N4O16S4.Na/c1-17-11-21-22(12-18(17)2)53-23(35(21)9-6-10-57(47,48)49)13-20(19-7-4-3-5-8-19)27-30(44)38(16-58(50,51)52)33(55-27)28-31(45)36(14-24(39)40)32(56-28)26-29(43)37(15-25(41)42)34(46)54-26;/h3-5,7-8,11-13H,6,9-10,14-16H2,1-2H3,(H,39,40)(H,41,42)(H,47,48,49)(H,50,51,52);/q;+1/p-1/b23-13-,27-20-,32-26+,33-28+;. The van der Waals surface area contributed by atoms with E-state index in [2.05, 4.69) is 0 Å². The van der Waals surface area contributed by atoms with Crippen molar-refractivity contribution in [2.24, 2.45) is 0 Å². The first-order valence-electron chi connectivity index (χ1n) is 16.6. The number of benzene rings is 2. The summed E-state index contributed by atoms with van der Waals surface area (Å²) in [5.74, 6) is -7.14. The van der Waals surface area contributed by atoms with Crippen molar-refractivity contribution in [3.63, 3.8) is 0 Å². The van der Waals surface area contributed by atoms with Crippen molar-refractivity contribution in [3.8, 4) is 5.75 Å². The van der Waals surface area contributed by atoms with Crippen LogP contribution < -0.4 is 59.5 Å². The predicted molar refractivity (Wildman–Crippen MR) is 203 cm³/mol. The Balaban J connectivity index is 0.00000661. The number of aliphatic carboxylic acids is 2. The number of thiazole rings is 2. The average Bonchev–Trinajstić information content (AvgIpc) is 3.80. The van der Waals surface area contributed by atoms with E-state index in [1.165, 1.54) is 6.08 Å². The maximum absolute atomic E-state index is 14.4. The maximum atomic E-state index is 14.4. The molecule has 0 radical (unpaired) electrons. The number of nitrogens with zero attached hydrogens (tertiary/aromatic N) is 4. The van der Waals surface area contributed by atoms with Crippen molar-refractivity contribution in [1.82, 2.24) is 14.0 Å². The molecule has 2 aromatic heterocycles. The van der Waals surface area contributed by atoms with E-state index in [-0.39, 0.29) is 63.4 Å². The van der Waals surface area contributed by atoms with E-state index in [0.29, 0.717) is 48.8 Å². The Morgan fingerprint density at radius 3 is 2.10 bits per heavy atom. The molecule has 2 aliphatic rings. The zero-order valence-corrected chi connectivity index (χ0v) is 36.2. The largest absolute Gasteiger partial charge is 1.00 e. The van der Waals surface area contributed by atoms with Crippen LogP contribution in [-0.2, 0) is 51.8 Å². The molecule has 0 bridgehead atoms.